The lowest BCUT2D eigenvalue weighted by molar-refractivity contribution is 0.0500. The first-order valence-corrected chi connectivity index (χ1v) is 10.4. The summed E-state index contributed by atoms with van der Waals surface area (Å²) in [7, 11) is 2.08. The van der Waals surface area contributed by atoms with Gasteiger partial charge in [0.05, 0.1) is 11.7 Å². The molecule has 1 amide bonds. The first-order chi connectivity index (χ1) is 14.1. The molecule has 1 aliphatic heterocycles. The maximum absolute atomic E-state index is 12.6. The summed E-state index contributed by atoms with van der Waals surface area (Å²) in [4.78, 5) is 24.3. The number of hydrogen-bond acceptors (Lipinski definition) is 6. The van der Waals surface area contributed by atoms with E-state index in [1.807, 2.05) is 17.2 Å². The van der Waals surface area contributed by atoms with E-state index in [1.165, 1.54) is 0 Å². The summed E-state index contributed by atoms with van der Waals surface area (Å²) < 4.78 is 8.02. The number of ether oxygens (including phenoxy) is 1. The summed E-state index contributed by atoms with van der Waals surface area (Å²) in [6, 6.07) is 2.00. The number of H-pyrrole nitrogens is 1. The molecule has 9 heteroatoms. The molecule has 1 saturated heterocycles. The molecule has 4 heterocycles. The molecule has 154 valence electrons. The SMILES string of the molecule is CCC1CC(OC(=O)N2CCN(C)CC2)CC1c1nnc2cnc3[nH]ccc3n12. The summed E-state index contributed by atoms with van der Waals surface area (Å²) in [5.74, 6) is 1.56. The largest absolute Gasteiger partial charge is 0.446 e. The molecule has 2 aliphatic rings. The molecule has 1 aliphatic carbocycles. The molecule has 3 unspecified atom stereocenters. The van der Waals surface area contributed by atoms with Gasteiger partial charge in [0.15, 0.2) is 11.3 Å². The Labute approximate surface area is 169 Å². The van der Waals surface area contributed by atoms with E-state index in [2.05, 4.69) is 43.4 Å². The standard InChI is InChI=1S/C20H27N7O2/c1-3-13-10-14(29-20(28)26-8-6-25(2)7-9-26)11-15(13)19-24-23-17-12-22-18-16(27(17)19)4-5-21-18/h4-5,12-15,21H,3,6-11H2,1-2H3. The summed E-state index contributed by atoms with van der Waals surface area (Å²) >= 11 is 0. The van der Waals surface area contributed by atoms with Gasteiger partial charge in [0.2, 0.25) is 0 Å². The molecule has 5 rings (SSSR count). The molecular weight excluding hydrogens is 370 g/mol. The molecule has 2 fully saturated rings. The van der Waals surface area contributed by atoms with Gasteiger partial charge in [-0.3, -0.25) is 4.40 Å². The highest BCUT2D eigenvalue weighted by molar-refractivity contribution is 5.74. The average Bonchev–Trinajstić information content (AvgIpc) is 3.44. The van der Waals surface area contributed by atoms with Gasteiger partial charge in [-0.25, -0.2) is 9.78 Å². The fourth-order valence-electron chi connectivity index (χ4n) is 4.78. The van der Waals surface area contributed by atoms with Crippen LogP contribution in [0.15, 0.2) is 18.5 Å². The van der Waals surface area contributed by atoms with Gasteiger partial charge in [0.1, 0.15) is 11.9 Å². The second-order valence-corrected chi connectivity index (χ2v) is 8.26. The minimum Gasteiger partial charge on any atom is -0.446 e. The maximum Gasteiger partial charge on any atom is 0.410 e. The summed E-state index contributed by atoms with van der Waals surface area (Å²) in [6.07, 6.45) is 6.05. The van der Waals surface area contributed by atoms with Crippen LogP contribution in [0.4, 0.5) is 4.79 Å². The second kappa shape index (κ2) is 7.29. The van der Waals surface area contributed by atoms with Crippen molar-refractivity contribution in [2.24, 2.45) is 5.92 Å². The van der Waals surface area contributed by atoms with Crippen molar-refractivity contribution in [2.75, 3.05) is 33.2 Å². The third-order valence-electron chi connectivity index (χ3n) is 6.50. The minimum absolute atomic E-state index is 0.0759. The van der Waals surface area contributed by atoms with E-state index in [9.17, 15) is 4.79 Å². The Balaban J connectivity index is 1.37. The molecule has 0 radical (unpaired) electrons. The van der Waals surface area contributed by atoms with E-state index in [0.29, 0.717) is 5.92 Å². The lowest BCUT2D eigenvalue weighted by Crippen LogP contribution is -2.47. The summed E-state index contributed by atoms with van der Waals surface area (Å²) in [5.41, 5.74) is 2.55. The van der Waals surface area contributed by atoms with Crippen LogP contribution in [0.2, 0.25) is 0 Å². The van der Waals surface area contributed by atoms with Crippen molar-refractivity contribution < 1.29 is 9.53 Å². The van der Waals surface area contributed by atoms with Gasteiger partial charge in [0, 0.05) is 38.3 Å². The Hall–Kier alpha value is -2.68. The van der Waals surface area contributed by atoms with E-state index in [-0.39, 0.29) is 18.1 Å². The van der Waals surface area contributed by atoms with Gasteiger partial charge in [-0.05, 0) is 31.9 Å². The Morgan fingerprint density at radius 3 is 2.86 bits per heavy atom. The Kier molecular flexibility index (Phi) is 4.61. The van der Waals surface area contributed by atoms with Crippen LogP contribution in [0.3, 0.4) is 0 Å². The number of carbonyl (C=O) groups is 1. The number of aromatic amines is 1. The van der Waals surface area contributed by atoms with E-state index in [4.69, 9.17) is 4.74 Å². The zero-order valence-electron chi connectivity index (χ0n) is 16.9. The van der Waals surface area contributed by atoms with Crippen LogP contribution in [-0.2, 0) is 4.74 Å². The van der Waals surface area contributed by atoms with Crippen molar-refractivity contribution in [3.8, 4) is 0 Å². The van der Waals surface area contributed by atoms with Gasteiger partial charge in [-0.1, -0.05) is 13.3 Å². The summed E-state index contributed by atoms with van der Waals surface area (Å²) in [6.45, 7) is 5.45. The van der Waals surface area contributed by atoms with E-state index in [0.717, 1.165) is 68.1 Å². The first kappa shape index (κ1) is 18.4. The number of amides is 1. The van der Waals surface area contributed by atoms with Crippen LogP contribution in [0.1, 0.15) is 37.9 Å². The first-order valence-electron chi connectivity index (χ1n) is 10.4. The molecule has 29 heavy (non-hydrogen) atoms. The zero-order valence-corrected chi connectivity index (χ0v) is 16.9. The number of likely N-dealkylation sites (N-methyl/N-ethyl adjacent to an activating group) is 1. The Morgan fingerprint density at radius 1 is 1.24 bits per heavy atom. The molecule has 0 spiro atoms. The van der Waals surface area contributed by atoms with Crippen molar-refractivity contribution in [1.29, 1.82) is 0 Å². The molecule has 3 atom stereocenters. The number of hydrogen-bond donors (Lipinski definition) is 1. The average molecular weight is 397 g/mol. The number of rotatable bonds is 3. The Morgan fingerprint density at radius 2 is 2.07 bits per heavy atom. The molecule has 3 aromatic heterocycles. The molecule has 9 nitrogen and oxygen atoms in total. The number of carbonyl (C=O) groups excluding carboxylic acids is 1. The highest BCUT2D eigenvalue weighted by Crippen LogP contribution is 2.42. The van der Waals surface area contributed by atoms with E-state index in [1.54, 1.807) is 6.20 Å². The monoisotopic (exact) mass is 397 g/mol. The number of fused-ring (bicyclic) bond motifs is 3. The van der Waals surface area contributed by atoms with Gasteiger partial charge < -0.3 is 19.5 Å². The highest BCUT2D eigenvalue weighted by Gasteiger charge is 2.39. The number of nitrogens with zero attached hydrogens (tertiary/aromatic N) is 6. The predicted molar refractivity (Wildman–Crippen MR) is 108 cm³/mol. The topological polar surface area (TPSA) is 91.7 Å². The fraction of sp³-hybridized carbons (Fsp3) is 0.600. The van der Waals surface area contributed by atoms with Crippen molar-refractivity contribution in [1.82, 2.24) is 34.4 Å². The second-order valence-electron chi connectivity index (χ2n) is 8.26. The summed E-state index contributed by atoms with van der Waals surface area (Å²) in [5, 5.41) is 8.86. The van der Waals surface area contributed by atoms with Gasteiger partial charge in [-0.15, -0.1) is 10.2 Å². The van der Waals surface area contributed by atoms with Crippen LogP contribution in [-0.4, -0.2) is 79.8 Å². The molecule has 1 N–H and O–H groups in total. The third kappa shape index (κ3) is 3.23. The minimum atomic E-state index is -0.179. The number of aromatic nitrogens is 5. The normalized spacial score (nSPS) is 25.9. The fourth-order valence-corrected chi connectivity index (χ4v) is 4.78. The van der Waals surface area contributed by atoms with Crippen LogP contribution in [0.25, 0.3) is 16.8 Å². The predicted octanol–water partition coefficient (Wildman–Crippen LogP) is 2.26. The van der Waals surface area contributed by atoms with E-state index >= 15 is 0 Å². The lowest BCUT2D eigenvalue weighted by Gasteiger charge is -2.32. The van der Waals surface area contributed by atoms with E-state index < -0.39 is 0 Å². The molecule has 0 bridgehead atoms. The van der Waals surface area contributed by atoms with Crippen molar-refractivity contribution in [3.63, 3.8) is 0 Å². The van der Waals surface area contributed by atoms with Gasteiger partial charge in [-0.2, -0.15) is 0 Å². The molecule has 3 aromatic rings. The maximum atomic E-state index is 12.6. The molecule has 0 aromatic carbocycles. The van der Waals surface area contributed by atoms with Gasteiger partial charge in [0.25, 0.3) is 0 Å². The van der Waals surface area contributed by atoms with Crippen LogP contribution >= 0.6 is 0 Å². The zero-order chi connectivity index (χ0) is 20.0. The van der Waals surface area contributed by atoms with Crippen LogP contribution < -0.4 is 0 Å². The highest BCUT2D eigenvalue weighted by atomic mass is 16.6. The Bertz CT molecular complexity index is 1020. The molecule has 1 saturated carbocycles. The lowest BCUT2D eigenvalue weighted by atomic mass is 9.93. The van der Waals surface area contributed by atoms with Crippen LogP contribution in [0.5, 0.6) is 0 Å². The van der Waals surface area contributed by atoms with Gasteiger partial charge >= 0.3 is 6.09 Å². The number of nitrogens with one attached hydrogen (secondary N) is 1. The number of piperazine rings is 1. The van der Waals surface area contributed by atoms with Crippen LogP contribution in [0, 0.1) is 5.92 Å². The quantitative estimate of drug-likeness (QED) is 0.729. The van der Waals surface area contributed by atoms with Crippen molar-refractivity contribution >= 4 is 22.9 Å². The van der Waals surface area contributed by atoms with Crippen molar-refractivity contribution in [2.45, 2.75) is 38.2 Å². The third-order valence-corrected chi connectivity index (χ3v) is 6.50. The van der Waals surface area contributed by atoms with Crippen molar-refractivity contribution in [3.05, 3.63) is 24.3 Å². The molecular formula is C20H27N7O2. The smallest absolute Gasteiger partial charge is 0.410 e.